The van der Waals surface area contributed by atoms with Crippen molar-refractivity contribution in [1.29, 1.82) is 0 Å². The van der Waals surface area contributed by atoms with Gasteiger partial charge >= 0.3 is 12.2 Å². The summed E-state index contributed by atoms with van der Waals surface area (Å²) in [4.78, 5) is 13.4. The van der Waals surface area contributed by atoms with Crippen molar-refractivity contribution in [3.8, 4) is 0 Å². The minimum atomic E-state index is -4.55. The second kappa shape index (κ2) is 7.40. The molecule has 134 valence electrons. The number of aliphatic hydroxyl groups is 1. The molecule has 1 fully saturated rings. The third-order valence-electron chi connectivity index (χ3n) is 4.05. The molecule has 1 aliphatic rings. The Balaban J connectivity index is 2.03. The number of rotatable bonds is 5. The number of likely N-dealkylation sites (tertiary alicyclic amines) is 1. The van der Waals surface area contributed by atoms with Crippen LogP contribution in [0.2, 0.25) is 0 Å². The molecule has 0 aliphatic carbocycles. The van der Waals surface area contributed by atoms with Crippen LogP contribution < -0.4 is 10.6 Å². The fourth-order valence-electron chi connectivity index (χ4n) is 2.77. The third-order valence-corrected chi connectivity index (χ3v) is 4.05. The van der Waals surface area contributed by atoms with Gasteiger partial charge < -0.3 is 15.7 Å². The molecule has 1 aromatic carbocycles. The molecule has 0 radical (unpaired) electrons. The molecule has 5 nitrogen and oxygen atoms in total. The lowest BCUT2D eigenvalue weighted by atomic mass is 9.98. The van der Waals surface area contributed by atoms with Crippen molar-refractivity contribution in [2.24, 2.45) is 0 Å². The Labute approximate surface area is 138 Å². The van der Waals surface area contributed by atoms with E-state index >= 15 is 0 Å². The summed E-state index contributed by atoms with van der Waals surface area (Å²) in [5.74, 6) is 0. The van der Waals surface area contributed by atoms with E-state index in [2.05, 4.69) is 10.6 Å². The second-order valence-electron chi connectivity index (χ2n) is 6.21. The van der Waals surface area contributed by atoms with Gasteiger partial charge in [-0.2, -0.15) is 13.2 Å². The number of nitrogens with one attached hydrogen (secondary N) is 2. The minimum Gasteiger partial charge on any atom is -0.392 e. The summed E-state index contributed by atoms with van der Waals surface area (Å²) in [5.41, 5.74) is -1.35. The molecule has 0 aromatic heterocycles. The Bertz CT molecular complexity index is 551. The highest BCUT2D eigenvalue weighted by Gasteiger charge is 2.58. The van der Waals surface area contributed by atoms with Gasteiger partial charge in [-0.3, -0.25) is 4.90 Å². The van der Waals surface area contributed by atoms with Crippen LogP contribution in [0.3, 0.4) is 0 Å². The first-order chi connectivity index (χ1) is 11.2. The average molecular weight is 345 g/mol. The average Bonchev–Trinajstić information content (AvgIpc) is 2.90. The van der Waals surface area contributed by atoms with E-state index in [0.717, 1.165) is 5.56 Å². The van der Waals surface area contributed by atoms with Gasteiger partial charge in [0.1, 0.15) is 0 Å². The van der Waals surface area contributed by atoms with Gasteiger partial charge in [0.25, 0.3) is 0 Å². The zero-order valence-corrected chi connectivity index (χ0v) is 13.4. The van der Waals surface area contributed by atoms with Crippen LogP contribution in [0.15, 0.2) is 30.3 Å². The zero-order chi connectivity index (χ0) is 17.8. The molecule has 1 aliphatic heterocycles. The summed E-state index contributed by atoms with van der Waals surface area (Å²) in [6, 6.07) is 8.32. The van der Waals surface area contributed by atoms with Crippen molar-refractivity contribution in [1.82, 2.24) is 15.5 Å². The van der Waals surface area contributed by atoms with Crippen LogP contribution in [-0.2, 0) is 6.54 Å². The molecule has 2 atom stereocenters. The SMILES string of the molecule is C[C@@H](O)CNC(=O)NC1(C(F)(F)F)CCN(Cc2ccccc2)C1. The summed E-state index contributed by atoms with van der Waals surface area (Å²) >= 11 is 0. The largest absolute Gasteiger partial charge is 0.412 e. The van der Waals surface area contributed by atoms with Crippen molar-refractivity contribution >= 4 is 6.03 Å². The van der Waals surface area contributed by atoms with E-state index in [4.69, 9.17) is 5.11 Å². The molecule has 1 saturated heterocycles. The van der Waals surface area contributed by atoms with E-state index in [-0.39, 0.29) is 26.1 Å². The highest BCUT2D eigenvalue weighted by Crippen LogP contribution is 2.38. The second-order valence-corrected chi connectivity index (χ2v) is 6.21. The number of urea groups is 1. The fourth-order valence-corrected chi connectivity index (χ4v) is 2.77. The van der Waals surface area contributed by atoms with E-state index < -0.39 is 23.9 Å². The van der Waals surface area contributed by atoms with Crippen molar-refractivity contribution < 1.29 is 23.1 Å². The molecule has 1 unspecified atom stereocenters. The fraction of sp³-hybridized carbons (Fsp3) is 0.562. The number of carbonyl (C=O) groups is 1. The highest BCUT2D eigenvalue weighted by atomic mass is 19.4. The van der Waals surface area contributed by atoms with Crippen molar-refractivity contribution in [2.75, 3.05) is 19.6 Å². The van der Waals surface area contributed by atoms with Crippen LogP contribution in [0.4, 0.5) is 18.0 Å². The number of amides is 2. The summed E-state index contributed by atoms with van der Waals surface area (Å²) in [6.45, 7) is 1.68. The molecule has 2 rings (SSSR count). The van der Waals surface area contributed by atoms with Gasteiger partial charge in [-0.05, 0) is 18.9 Å². The molecule has 3 N–H and O–H groups in total. The number of aliphatic hydroxyl groups excluding tert-OH is 1. The number of carbonyl (C=O) groups excluding carboxylic acids is 1. The highest BCUT2D eigenvalue weighted by molar-refractivity contribution is 5.75. The molecule has 1 aromatic rings. The summed E-state index contributed by atoms with van der Waals surface area (Å²) in [5, 5.41) is 13.4. The topological polar surface area (TPSA) is 64.6 Å². The molecule has 8 heteroatoms. The van der Waals surface area contributed by atoms with E-state index in [1.165, 1.54) is 6.92 Å². The van der Waals surface area contributed by atoms with E-state index in [0.29, 0.717) is 6.54 Å². The van der Waals surface area contributed by atoms with Crippen molar-refractivity contribution in [3.05, 3.63) is 35.9 Å². The maximum atomic E-state index is 13.6. The Hall–Kier alpha value is -1.80. The number of alkyl halides is 3. The minimum absolute atomic E-state index is 0.104. The van der Waals surface area contributed by atoms with Crippen LogP contribution in [0.5, 0.6) is 0 Å². The van der Waals surface area contributed by atoms with E-state index in [1.54, 1.807) is 4.90 Å². The number of benzene rings is 1. The molecule has 0 saturated carbocycles. The molecule has 1 heterocycles. The van der Waals surface area contributed by atoms with Gasteiger partial charge in [-0.1, -0.05) is 30.3 Å². The molecule has 24 heavy (non-hydrogen) atoms. The van der Waals surface area contributed by atoms with Gasteiger partial charge in [-0.25, -0.2) is 4.79 Å². The maximum absolute atomic E-state index is 13.6. The number of nitrogens with zero attached hydrogens (tertiary/aromatic N) is 1. The third kappa shape index (κ3) is 4.61. The Morgan fingerprint density at radius 3 is 2.62 bits per heavy atom. The van der Waals surface area contributed by atoms with Gasteiger partial charge in [0.2, 0.25) is 0 Å². The first kappa shape index (κ1) is 18.5. The van der Waals surface area contributed by atoms with Crippen LogP contribution in [0.1, 0.15) is 18.9 Å². The van der Waals surface area contributed by atoms with Crippen LogP contribution in [0.25, 0.3) is 0 Å². The van der Waals surface area contributed by atoms with Crippen molar-refractivity contribution in [2.45, 2.75) is 37.7 Å². The predicted octanol–water partition coefficient (Wildman–Crippen LogP) is 1.87. The van der Waals surface area contributed by atoms with Crippen LogP contribution in [0, 0.1) is 0 Å². The summed E-state index contributed by atoms with van der Waals surface area (Å²) in [7, 11) is 0. The lowest BCUT2D eigenvalue weighted by molar-refractivity contribution is -0.189. The normalized spacial score (nSPS) is 23.0. The maximum Gasteiger partial charge on any atom is 0.412 e. The van der Waals surface area contributed by atoms with Gasteiger partial charge in [0.15, 0.2) is 5.54 Å². The van der Waals surface area contributed by atoms with Gasteiger partial charge in [0.05, 0.1) is 6.10 Å². The smallest absolute Gasteiger partial charge is 0.392 e. The Morgan fingerprint density at radius 2 is 2.04 bits per heavy atom. The molecule has 0 spiro atoms. The standard InChI is InChI=1S/C16H22F3N3O2/c1-12(23)9-20-14(24)21-15(16(17,18)19)7-8-22(11-15)10-13-5-3-2-4-6-13/h2-6,12,23H,7-11H2,1H3,(H2,20,21,24)/t12-,15?/m1/s1. The van der Waals surface area contributed by atoms with Gasteiger partial charge in [0, 0.05) is 26.2 Å². The number of halogens is 3. The summed E-state index contributed by atoms with van der Waals surface area (Å²) in [6.07, 6.45) is -5.58. The lowest BCUT2D eigenvalue weighted by Crippen LogP contribution is -2.62. The number of hydrogen-bond acceptors (Lipinski definition) is 3. The molecular weight excluding hydrogens is 323 g/mol. The zero-order valence-electron chi connectivity index (χ0n) is 13.4. The molecule has 2 amide bonds. The van der Waals surface area contributed by atoms with Crippen LogP contribution in [-0.4, -0.2) is 53.5 Å². The Morgan fingerprint density at radius 1 is 1.38 bits per heavy atom. The summed E-state index contributed by atoms with van der Waals surface area (Å²) < 4.78 is 40.7. The van der Waals surface area contributed by atoms with Gasteiger partial charge in [-0.15, -0.1) is 0 Å². The molecular formula is C16H22F3N3O2. The molecule has 0 bridgehead atoms. The first-order valence-electron chi connectivity index (χ1n) is 7.79. The van der Waals surface area contributed by atoms with E-state index in [9.17, 15) is 18.0 Å². The number of hydrogen-bond donors (Lipinski definition) is 3. The van der Waals surface area contributed by atoms with E-state index in [1.807, 2.05) is 30.3 Å². The monoisotopic (exact) mass is 345 g/mol. The Kier molecular flexibility index (Phi) is 5.71. The van der Waals surface area contributed by atoms with Crippen molar-refractivity contribution in [3.63, 3.8) is 0 Å². The van der Waals surface area contributed by atoms with Crippen LogP contribution >= 0.6 is 0 Å². The quantitative estimate of drug-likeness (QED) is 0.763. The first-order valence-corrected chi connectivity index (χ1v) is 7.79. The lowest BCUT2D eigenvalue weighted by Gasteiger charge is -2.33. The predicted molar refractivity (Wildman–Crippen MR) is 83.3 cm³/mol.